The standard InChI is InChI=1S/C20H24N2O5/c1-12(18(24)21-22-19(25)13-6-3-2-4-7-13)27-20(26)16-10-14-8-5-9-15(11-16)17(14)23/h2-4,6-7,12,14-16H,5,8-11H2,1H3,(H,21,24)(H,22,25)/t12-,14-,15+,16?/m0/s1. The number of carbonyl (C=O) groups excluding carboxylic acids is 4. The van der Waals surface area contributed by atoms with Crippen molar-refractivity contribution >= 4 is 23.6 Å². The average Bonchev–Trinajstić information content (AvgIpc) is 2.66. The fourth-order valence-corrected chi connectivity index (χ4v) is 3.88. The number of Topliss-reactive ketones (excluding diaryl/α,β-unsaturated/α-hetero) is 1. The van der Waals surface area contributed by atoms with Gasteiger partial charge in [-0.15, -0.1) is 0 Å². The first kappa shape index (κ1) is 19.1. The molecule has 0 aliphatic heterocycles. The van der Waals surface area contributed by atoms with Gasteiger partial charge in [-0.3, -0.25) is 30.0 Å². The molecule has 0 saturated heterocycles. The van der Waals surface area contributed by atoms with E-state index in [-0.39, 0.29) is 23.5 Å². The number of amides is 2. The second-order valence-electron chi connectivity index (χ2n) is 7.28. The fourth-order valence-electron chi connectivity index (χ4n) is 3.88. The maximum absolute atomic E-state index is 12.4. The van der Waals surface area contributed by atoms with Crippen molar-refractivity contribution in [2.75, 3.05) is 0 Å². The summed E-state index contributed by atoms with van der Waals surface area (Å²) in [6, 6.07) is 8.44. The van der Waals surface area contributed by atoms with E-state index in [1.807, 2.05) is 0 Å². The highest BCUT2D eigenvalue weighted by atomic mass is 16.5. The first-order chi connectivity index (χ1) is 13.0. The Balaban J connectivity index is 1.47. The molecule has 7 nitrogen and oxygen atoms in total. The number of fused-ring (bicyclic) bond motifs is 2. The van der Waals surface area contributed by atoms with E-state index < -0.39 is 23.9 Å². The Labute approximate surface area is 157 Å². The van der Waals surface area contributed by atoms with Gasteiger partial charge in [-0.25, -0.2) is 0 Å². The molecule has 3 rings (SSSR count). The summed E-state index contributed by atoms with van der Waals surface area (Å²) in [5.41, 5.74) is 4.97. The Bertz CT molecular complexity index is 717. The van der Waals surface area contributed by atoms with E-state index in [1.54, 1.807) is 30.3 Å². The minimum Gasteiger partial charge on any atom is -0.452 e. The van der Waals surface area contributed by atoms with Crippen LogP contribution < -0.4 is 10.9 Å². The summed E-state index contributed by atoms with van der Waals surface area (Å²) in [7, 11) is 0. The largest absolute Gasteiger partial charge is 0.452 e. The van der Waals surface area contributed by atoms with Gasteiger partial charge in [-0.2, -0.15) is 0 Å². The third kappa shape index (κ3) is 4.53. The summed E-state index contributed by atoms with van der Waals surface area (Å²) < 4.78 is 5.28. The van der Waals surface area contributed by atoms with Crippen LogP contribution in [0.4, 0.5) is 0 Å². The van der Waals surface area contributed by atoms with Crippen LogP contribution in [0.15, 0.2) is 30.3 Å². The summed E-state index contributed by atoms with van der Waals surface area (Å²) in [5.74, 6) is -1.68. The smallest absolute Gasteiger partial charge is 0.309 e. The molecule has 1 aromatic carbocycles. The van der Waals surface area contributed by atoms with Crippen LogP contribution in [0.25, 0.3) is 0 Å². The molecule has 144 valence electrons. The summed E-state index contributed by atoms with van der Waals surface area (Å²) >= 11 is 0. The Hall–Kier alpha value is -2.70. The van der Waals surface area contributed by atoms with Crippen LogP contribution in [0, 0.1) is 17.8 Å². The van der Waals surface area contributed by atoms with Crippen molar-refractivity contribution in [1.29, 1.82) is 0 Å². The van der Waals surface area contributed by atoms with Gasteiger partial charge in [0, 0.05) is 17.4 Å². The molecule has 7 heteroatoms. The number of esters is 1. The van der Waals surface area contributed by atoms with E-state index in [2.05, 4.69) is 10.9 Å². The summed E-state index contributed by atoms with van der Waals surface area (Å²) in [5, 5.41) is 0. The molecule has 27 heavy (non-hydrogen) atoms. The number of rotatable bonds is 4. The molecule has 0 radical (unpaired) electrons. The van der Waals surface area contributed by atoms with Gasteiger partial charge in [0.15, 0.2) is 6.10 Å². The maximum atomic E-state index is 12.4. The van der Waals surface area contributed by atoms with Gasteiger partial charge in [0.25, 0.3) is 11.8 Å². The van der Waals surface area contributed by atoms with E-state index in [4.69, 9.17) is 4.74 Å². The van der Waals surface area contributed by atoms with Crippen LogP contribution in [0.1, 0.15) is 49.4 Å². The zero-order valence-electron chi connectivity index (χ0n) is 15.3. The number of carbonyl (C=O) groups is 4. The molecule has 0 spiro atoms. The lowest BCUT2D eigenvalue weighted by atomic mass is 9.67. The van der Waals surface area contributed by atoms with E-state index in [0.717, 1.165) is 19.3 Å². The molecule has 2 N–H and O–H groups in total. The van der Waals surface area contributed by atoms with E-state index in [0.29, 0.717) is 18.4 Å². The molecule has 4 atom stereocenters. The fraction of sp³-hybridized carbons (Fsp3) is 0.500. The molecule has 2 aliphatic rings. The van der Waals surface area contributed by atoms with Crippen LogP contribution in [0.3, 0.4) is 0 Å². The molecule has 2 fully saturated rings. The quantitative estimate of drug-likeness (QED) is 0.620. The topological polar surface area (TPSA) is 102 Å². The Kier molecular flexibility index (Phi) is 5.88. The highest BCUT2D eigenvalue weighted by Crippen LogP contribution is 2.40. The van der Waals surface area contributed by atoms with E-state index >= 15 is 0 Å². The molecule has 1 unspecified atom stereocenters. The summed E-state index contributed by atoms with van der Waals surface area (Å²) in [4.78, 5) is 48.5. The predicted molar refractivity (Wildman–Crippen MR) is 96.2 cm³/mol. The summed E-state index contributed by atoms with van der Waals surface area (Å²) in [6.07, 6.45) is 2.68. The monoisotopic (exact) mass is 372 g/mol. The second kappa shape index (κ2) is 8.33. The molecule has 2 saturated carbocycles. The highest BCUT2D eigenvalue weighted by Gasteiger charge is 2.42. The van der Waals surface area contributed by atoms with Crippen LogP contribution in [0.5, 0.6) is 0 Å². The van der Waals surface area contributed by atoms with Gasteiger partial charge < -0.3 is 4.74 Å². The van der Waals surface area contributed by atoms with Crippen LogP contribution in [-0.2, 0) is 19.1 Å². The lowest BCUT2D eigenvalue weighted by Crippen LogP contribution is -2.47. The molecule has 2 amide bonds. The lowest BCUT2D eigenvalue weighted by molar-refractivity contribution is -0.162. The van der Waals surface area contributed by atoms with Gasteiger partial charge in [0.05, 0.1) is 5.92 Å². The Morgan fingerprint density at radius 3 is 2.30 bits per heavy atom. The van der Waals surface area contributed by atoms with Crippen molar-refractivity contribution < 1.29 is 23.9 Å². The summed E-state index contributed by atoms with van der Waals surface area (Å²) in [6.45, 7) is 1.46. The van der Waals surface area contributed by atoms with Gasteiger partial charge >= 0.3 is 5.97 Å². The first-order valence-corrected chi connectivity index (χ1v) is 9.35. The van der Waals surface area contributed by atoms with Crippen LogP contribution in [0.2, 0.25) is 0 Å². The molecule has 0 heterocycles. The van der Waals surface area contributed by atoms with Gasteiger partial charge in [-0.1, -0.05) is 24.6 Å². The zero-order valence-corrected chi connectivity index (χ0v) is 15.3. The van der Waals surface area contributed by atoms with E-state index in [1.165, 1.54) is 6.92 Å². The number of hydrogen-bond donors (Lipinski definition) is 2. The van der Waals surface area contributed by atoms with Gasteiger partial charge in [0.1, 0.15) is 5.78 Å². The highest BCUT2D eigenvalue weighted by molar-refractivity contribution is 5.96. The first-order valence-electron chi connectivity index (χ1n) is 9.35. The third-order valence-electron chi connectivity index (χ3n) is 5.38. The average molecular weight is 372 g/mol. The number of ether oxygens (including phenoxy) is 1. The maximum Gasteiger partial charge on any atom is 0.309 e. The molecule has 2 bridgehead atoms. The molecule has 0 aromatic heterocycles. The van der Waals surface area contributed by atoms with Crippen molar-refractivity contribution in [1.82, 2.24) is 10.9 Å². The van der Waals surface area contributed by atoms with E-state index in [9.17, 15) is 19.2 Å². The SMILES string of the molecule is C[C@H](OC(=O)C1C[C@H]2CCC[C@@H](C1)C2=O)C(=O)NNC(=O)c1ccccc1. The number of benzene rings is 1. The van der Waals surface area contributed by atoms with Gasteiger partial charge in [0.2, 0.25) is 0 Å². The molecular weight excluding hydrogens is 348 g/mol. The number of nitrogens with one attached hydrogen (secondary N) is 2. The minimum absolute atomic E-state index is 0.0515. The van der Waals surface area contributed by atoms with Crippen molar-refractivity contribution in [3.8, 4) is 0 Å². The van der Waals surface area contributed by atoms with Gasteiger partial charge in [-0.05, 0) is 44.7 Å². The lowest BCUT2D eigenvalue weighted by Gasteiger charge is -2.36. The minimum atomic E-state index is -1.04. The molecular formula is C20H24N2O5. The van der Waals surface area contributed by atoms with Crippen molar-refractivity contribution in [3.05, 3.63) is 35.9 Å². The number of ketones is 1. The van der Waals surface area contributed by atoms with Crippen molar-refractivity contribution in [3.63, 3.8) is 0 Å². The molecule has 2 aliphatic carbocycles. The predicted octanol–water partition coefficient (Wildman–Crippen LogP) is 1.77. The Morgan fingerprint density at radius 2 is 1.67 bits per heavy atom. The zero-order chi connectivity index (χ0) is 19.4. The second-order valence-corrected chi connectivity index (χ2v) is 7.28. The normalized spacial score (nSPS) is 25.2. The van der Waals surface area contributed by atoms with Crippen LogP contribution in [-0.4, -0.2) is 29.7 Å². The van der Waals surface area contributed by atoms with Crippen LogP contribution >= 0.6 is 0 Å². The van der Waals surface area contributed by atoms with Crippen molar-refractivity contribution in [2.45, 2.75) is 45.1 Å². The van der Waals surface area contributed by atoms with Crippen molar-refractivity contribution in [2.24, 2.45) is 17.8 Å². The third-order valence-corrected chi connectivity index (χ3v) is 5.38. The Morgan fingerprint density at radius 1 is 1.04 bits per heavy atom. The molecule has 1 aromatic rings. The number of hydrazine groups is 1. The number of hydrogen-bond acceptors (Lipinski definition) is 5.